The lowest BCUT2D eigenvalue weighted by Crippen LogP contribution is -2.29. The van der Waals surface area contributed by atoms with Crippen LogP contribution in [-0.2, 0) is 9.59 Å². The van der Waals surface area contributed by atoms with Gasteiger partial charge in [0.25, 0.3) is 11.7 Å². The van der Waals surface area contributed by atoms with Crippen LogP contribution in [0.3, 0.4) is 0 Å². The van der Waals surface area contributed by atoms with Gasteiger partial charge in [-0.25, -0.2) is 4.39 Å². The van der Waals surface area contributed by atoms with E-state index in [0.717, 1.165) is 4.90 Å². The van der Waals surface area contributed by atoms with Gasteiger partial charge in [0.15, 0.2) is 0 Å². The molecule has 1 N–H and O–H groups in total. The average Bonchev–Trinajstić information content (AvgIpc) is 3.09. The van der Waals surface area contributed by atoms with Crippen molar-refractivity contribution < 1.29 is 28.6 Å². The van der Waals surface area contributed by atoms with Crippen LogP contribution in [-0.4, -0.2) is 31.0 Å². The monoisotopic (exact) mass is 467 g/mol. The number of carbonyl (C=O) groups is 2. The fraction of sp³-hybridized carbons (Fsp3) is 0.120. The summed E-state index contributed by atoms with van der Waals surface area (Å²) in [6, 6.07) is 15.5. The van der Waals surface area contributed by atoms with Crippen LogP contribution in [0.1, 0.15) is 17.2 Å². The van der Waals surface area contributed by atoms with Crippen LogP contribution in [0.25, 0.3) is 5.76 Å². The molecule has 1 heterocycles. The Kier molecular flexibility index (Phi) is 6.07. The van der Waals surface area contributed by atoms with E-state index in [-0.39, 0.29) is 27.4 Å². The van der Waals surface area contributed by atoms with Gasteiger partial charge in [0.1, 0.15) is 23.1 Å². The second kappa shape index (κ2) is 8.96. The molecule has 1 amide bonds. The van der Waals surface area contributed by atoms with Crippen LogP contribution in [0.2, 0.25) is 5.02 Å². The zero-order valence-corrected chi connectivity index (χ0v) is 18.5. The van der Waals surface area contributed by atoms with Gasteiger partial charge >= 0.3 is 0 Å². The molecule has 4 rings (SSSR count). The van der Waals surface area contributed by atoms with Crippen molar-refractivity contribution in [1.29, 1.82) is 0 Å². The number of rotatable bonds is 5. The number of ketones is 1. The molecule has 3 aromatic rings. The second-order valence-electron chi connectivity index (χ2n) is 7.24. The van der Waals surface area contributed by atoms with E-state index in [2.05, 4.69) is 0 Å². The van der Waals surface area contributed by atoms with Gasteiger partial charge in [0.2, 0.25) is 0 Å². The Hall–Kier alpha value is -3.84. The molecule has 6 nitrogen and oxygen atoms in total. The molecule has 1 atom stereocenters. The van der Waals surface area contributed by atoms with Crippen LogP contribution in [0.5, 0.6) is 11.5 Å². The maximum absolute atomic E-state index is 14.9. The number of anilines is 1. The first-order chi connectivity index (χ1) is 15.9. The number of hydrogen-bond acceptors (Lipinski definition) is 5. The Morgan fingerprint density at radius 1 is 1.00 bits per heavy atom. The van der Waals surface area contributed by atoms with E-state index in [0.29, 0.717) is 11.5 Å². The second-order valence-corrected chi connectivity index (χ2v) is 7.65. The predicted molar refractivity (Wildman–Crippen MR) is 122 cm³/mol. The third kappa shape index (κ3) is 3.91. The summed E-state index contributed by atoms with van der Waals surface area (Å²) in [7, 11) is 2.91. The molecule has 0 aromatic heterocycles. The number of hydrogen-bond donors (Lipinski definition) is 1. The van der Waals surface area contributed by atoms with Gasteiger partial charge in [-0.1, -0.05) is 41.9 Å². The number of amides is 1. The van der Waals surface area contributed by atoms with Crippen molar-refractivity contribution in [2.45, 2.75) is 6.04 Å². The Morgan fingerprint density at radius 2 is 1.76 bits per heavy atom. The quantitative estimate of drug-likeness (QED) is 0.320. The number of aliphatic hydroxyl groups excluding tert-OH is 1. The van der Waals surface area contributed by atoms with Crippen LogP contribution in [0, 0.1) is 5.82 Å². The average molecular weight is 468 g/mol. The van der Waals surface area contributed by atoms with Gasteiger partial charge in [-0.05, 0) is 36.4 Å². The van der Waals surface area contributed by atoms with Crippen molar-refractivity contribution in [1.82, 2.24) is 0 Å². The maximum atomic E-state index is 14.9. The van der Waals surface area contributed by atoms with E-state index in [1.54, 1.807) is 24.3 Å². The number of aliphatic hydroxyl groups is 1. The topological polar surface area (TPSA) is 76.1 Å². The van der Waals surface area contributed by atoms with E-state index >= 15 is 0 Å². The summed E-state index contributed by atoms with van der Waals surface area (Å²) < 4.78 is 25.3. The highest BCUT2D eigenvalue weighted by molar-refractivity contribution is 6.51. The summed E-state index contributed by atoms with van der Waals surface area (Å²) >= 11 is 6.25. The summed E-state index contributed by atoms with van der Waals surface area (Å²) in [5, 5.41) is 11.3. The smallest absolute Gasteiger partial charge is 0.300 e. The fourth-order valence-corrected chi connectivity index (χ4v) is 4.07. The molecule has 1 unspecified atom stereocenters. The molecule has 0 bridgehead atoms. The molecule has 3 aromatic carbocycles. The molecule has 1 aliphatic heterocycles. The molecule has 0 aliphatic carbocycles. The highest BCUT2D eigenvalue weighted by Crippen LogP contribution is 2.44. The van der Waals surface area contributed by atoms with E-state index < -0.39 is 29.3 Å². The normalized spacial score (nSPS) is 17.3. The lowest BCUT2D eigenvalue weighted by molar-refractivity contribution is -0.132. The highest BCUT2D eigenvalue weighted by atomic mass is 35.5. The van der Waals surface area contributed by atoms with Gasteiger partial charge in [0, 0.05) is 16.8 Å². The number of halogens is 2. The molecule has 168 valence electrons. The zero-order chi connectivity index (χ0) is 23.7. The van der Waals surface area contributed by atoms with Gasteiger partial charge in [-0.3, -0.25) is 14.5 Å². The zero-order valence-electron chi connectivity index (χ0n) is 17.7. The SMILES string of the molecule is COc1cccc(/C(O)=C2\C(=O)C(=O)N(c3ccc(OC)c(Cl)c3)C2c2ccccc2F)c1. The van der Waals surface area contributed by atoms with E-state index in [1.165, 1.54) is 56.7 Å². The first-order valence-electron chi connectivity index (χ1n) is 9.90. The maximum Gasteiger partial charge on any atom is 0.300 e. The molecular formula is C25H19ClFNO5. The largest absolute Gasteiger partial charge is 0.507 e. The molecular weight excluding hydrogens is 449 g/mol. The molecule has 1 aliphatic rings. The number of benzene rings is 3. The summed E-state index contributed by atoms with van der Waals surface area (Å²) in [6.07, 6.45) is 0. The summed E-state index contributed by atoms with van der Waals surface area (Å²) in [5.74, 6) is -2.13. The molecule has 8 heteroatoms. The molecule has 33 heavy (non-hydrogen) atoms. The van der Waals surface area contributed by atoms with E-state index in [1.807, 2.05) is 0 Å². The molecule has 1 saturated heterocycles. The summed E-state index contributed by atoms with van der Waals surface area (Å²) in [5.41, 5.74) is 0.306. The van der Waals surface area contributed by atoms with Crippen molar-refractivity contribution in [3.63, 3.8) is 0 Å². The van der Waals surface area contributed by atoms with Crippen molar-refractivity contribution in [3.05, 3.63) is 94.3 Å². The minimum absolute atomic E-state index is 0.0492. The van der Waals surface area contributed by atoms with Crippen LogP contribution < -0.4 is 14.4 Å². The summed E-state index contributed by atoms with van der Waals surface area (Å²) in [6.45, 7) is 0. The Bertz CT molecular complexity index is 1290. The van der Waals surface area contributed by atoms with E-state index in [4.69, 9.17) is 21.1 Å². The number of Topliss-reactive ketones (excluding diaryl/α,β-unsaturated/α-hetero) is 1. The number of nitrogens with zero attached hydrogens (tertiary/aromatic N) is 1. The lowest BCUT2D eigenvalue weighted by atomic mass is 9.94. The Labute approximate surface area is 194 Å². The number of ether oxygens (including phenoxy) is 2. The van der Waals surface area contributed by atoms with Crippen molar-refractivity contribution in [2.24, 2.45) is 0 Å². The van der Waals surface area contributed by atoms with Gasteiger partial charge in [0.05, 0.1) is 30.9 Å². The van der Waals surface area contributed by atoms with Gasteiger partial charge < -0.3 is 14.6 Å². The minimum Gasteiger partial charge on any atom is -0.507 e. The third-order valence-electron chi connectivity index (χ3n) is 5.40. The Morgan fingerprint density at radius 3 is 2.42 bits per heavy atom. The molecule has 1 fully saturated rings. The third-order valence-corrected chi connectivity index (χ3v) is 5.70. The minimum atomic E-state index is -1.22. The predicted octanol–water partition coefficient (Wildman–Crippen LogP) is 5.12. The first kappa shape index (κ1) is 22.4. The van der Waals surface area contributed by atoms with Gasteiger partial charge in [-0.2, -0.15) is 0 Å². The van der Waals surface area contributed by atoms with Crippen LogP contribution in [0.15, 0.2) is 72.3 Å². The molecule has 0 saturated carbocycles. The molecule has 0 spiro atoms. The van der Waals surface area contributed by atoms with Crippen molar-refractivity contribution >= 4 is 34.7 Å². The number of methoxy groups -OCH3 is 2. The van der Waals surface area contributed by atoms with Crippen molar-refractivity contribution in [2.75, 3.05) is 19.1 Å². The van der Waals surface area contributed by atoms with Crippen LogP contribution >= 0.6 is 11.6 Å². The van der Waals surface area contributed by atoms with Crippen molar-refractivity contribution in [3.8, 4) is 11.5 Å². The van der Waals surface area contributed by atoms with Gasteiger partial charge in [-0.15, -0.1) is 0 Å². The van der Waals surface area contributed by atoms with Crippen LogP contribution in [0.4, 0.5) is 10.1 Å². The first-order valence-corrected chi connectivity index (χ1v) is 10.3. The fourth-order valence-electron chi connectivity index (χ4n) is 3.82. The van der Waals surface area contributed by atoms with E-state index in [9.17, 15) is 19.1 Å². The Balaban J connectivity index is 1.96. The summed E-state index contributed by atoms with van der Waals surface area (Å²) in [4.78, 5) is 27.4. The standard InChI is InChI=1S/C25H19ClFNO5/c1-32-16-7-5-6-14(12-16)23(29)21-22(17-8-3-4-9-19(17)27)28(25(31)24(21)30)15-10-11-20(33-2)18(26)13-15/h3-13,22,29H,1-2H3/b23-21+. The number of carbonyl (C=O) groups excluding carboxylic acids is 2. The molecule has 0 radical (unpaired) electrons. The highest BCUT2D eigenvalue weighted by Gasteiger charge is 2.48. The lowest BCUT2D eigenvalue weighted by Gasteiger charge is -2.26.